The molecule has 6 heteroatoms. The quantitative estimate of drug-likeness (QED) is 0.529. The third-order valence-corrected chi connectivity index (χ3v) is 7.40. The maximum atomic E-state index is 10.1. The number of aliphatic hydroxyl groups is 1. The predicted octanol–water partition coefficient (Wildman–Crippen LogP) is 5.38. The number of aliphatic hydroxyl groups excluding tert-OH is 1. The fourth-order valence-electron chi connectivity index (χ4n) is 4.58. The Bertz CT molecular complexity index is 1130. The minimum atomic E-state index is -0.218. The van der Waals surface area contributed by atoms with E-state index in [-0.39, 0.29) is 6.10 Å². The summed E-state index contributed by atoms with van der Waals surface area (Å²) in [7, 11) is 0. The summed E-state index contributed by atoms with van der Waals surface area (Å²) in [5.74, 6) is 0.851. The van der Waals surface area contributed by atoms with Crippen LogP contribution in [0.15, 0.2) is 47.4 Å². The first-order valence-corrected chi connectivity index (χ1v) is 11.9. The lowest BCUT2D eigenvalue weighted by molar-refractivity contribution is 0.190. The molecule has 1 saturated heterocycles. The summed E-state index contributed by atoms with van der Waals surface area (Å²) in [6, 6.07) is 17.5. The van der Waals surface area contributed by atoms with Crippen LogP contribution in [0.4, 0.5) is 0 Å². The molecular formula is C25H27N3O2S. The van der Waals surface area contributed by atoms with Crippen molar-refractivity contribution in [3.63, 3.8) is 0 Å². The van der Waals surface area contributed by atoms with Crippen LogP contribution in [-0.2, 0) is 0 Å². The first-order chi connectivity index (χ1) is 15.2. The number of rotatable bonds is 6. The Morgan fingerprint density at radius 2 is 1.97 bits per heavy atom. The Hall–Kier alpha value is -2.46. The Kier molecular flexibility index (Phi) is 5.66. The molecule has 0 radical (unpaired) electrons. The van der Waals surface area contributed by atoms with E-state index in [1.54, 1.807) is 11.9 Å². The number of hydrogen-bond donors (Lipinski definition) is 1. The fraction of sp³-hybridized carbons (Fsp3) is 0.400. The van der Waals surface area contributed by atoms with Gasteiger partial charge in [0.2, 0.25) is 0 Å². The molecule has 3 aromatic rings. The molecule has 1 aromatic heterocycles. The molecule has 1 unspecified atom stereocenters. The molecule has 160 valence electrons. The lowest BCUT2D eigenvalue weighted by Crippen LogP contribution is -2.17. The minimum absolute atomic E-state index is 0.218. The van der Waals surface area contributed by atoms with Crippen molar-refractivity contribution in [1.29, 1.82) is 5.26 Å². The monoisotopic (exact) mass is 433 g/mol. The van der Waals surface area contributed by atoms with Crippen molar-refractivity contribution in [3.8, 4) is 23.1 Å². The van der Waals surface area contributed by atoms with Crippen molar-refractivity contribution in [3.05, 3.63) is 48.0 Å². The highest BCUT2D eigenvalue weighted by molar-refractivity contribution is 7.97. The smallest absolute Gasteiger partial charge is 0.121 e. The van der Waals surface area contributed by atoms with Gasteiger partial charge in [0.25, 0.3) is 0 Å². The summed E-state index contributed by atoms with van der Waals surface area (Å²) >= 11 is 1.69. The lowest BCUT2D eigenvalue weighted by atomic mass is 9.92. The number of β-amino-alcohol motifs (C(OH)–C–C–N with tert-alkyl or cyclic N) is 1. The Morgan fingerprint density at radius 3 is 2.58 bits per heavy atom. The van der Waals surface area contributed by atoms with Gasteiger partial charge in [0.1, 0.15) is 11.8 Å². The number of aromatic nitrogens is 1. The molecule has 2 aliphatic rings. The Morgan fingerprint density at radius 1 is 1.16 bits per heavy atom. The number of nitrogens with zero attached hydrogens (tertiary/aromatic N) is 3. The van der Waals surface area contributed by atoms with Gasteiger partial charge in [0.05, 0.1) is 29.5 Å². The van der Waals surface area contributed by atoms with Crippen LogP contribution in [0.1, 0.15) is 44.2 Å². The first kappa shape index (κ1) is 20.4. The molecule has 1 saturated carbocycles. The molecule has 2 fully saturated rings. The molecule has 5 nitrogen and oxygen atoms in total. The number of benzene rings is 2. The highest BCUT2D eigenvalue weighted by Crippen LogP contribution is 2.43. The second-order valence-electron chi connectivity index (χ2n) is 8.35. The van der Waals surface area contributed by atoms with Gasteiger partial charge in [-0.2, -0.15) is 5.26 Å². The average Bonchev–Trinajstić information content (AvgIpc) is 3.28. The zero-order chi connectivity index (χ0) is 21.4. The predicted molar refractivity (Wildman–Crippen MR) is 124 cm³/mol. The lowest BCUT2D eigenvalue weighted by Gasteiger charge is -2.30. The SMILES string of the molecule is CCOc1ccc2c(C#N)c(-c3ccc(SN4CCC(O)C4)cc3)n(C3CCC3)c2c1. The van der Waals surface area contributed by atoms with Crippen molar-refractivity contribution in [1.82, 2.24) is 8.87 Å². The van der Waals surface area contributed by atoms with E-state index in [1.165, 1.54) is 6.42 Å². The maximum Gasteiger partial charge on any atom is 0.121 e. The first-order valence-electron chi connectivity index (χ1n) is 11.1. The molecule has 5 rings (SSSR count). The maximum absolute atomic E-state index is 10.1. The van der Waals surface area contributed by atoms with E-state index in [2.05, 4.69) is 45.3 Å². The van der Waals surface area contributed by atoms with Crippen molar-refractivity contribution < 1.29 is 9.84 Å². The van der Waals surface area contributed by atoms with E-state index in [9.17, 15) is 10.4 Å². The van der Waals surface area contributed by atoms with E-state index in [4.69, 9.17) is 4.74 Å². The highest BCUT2D eigenvalue weighted by Gasteiger charge is 2.28. The van der Waals surface area contributed by atoms with Crippen LogP contribution in [0.25, 0.3) is 22.2 Å². The minimum Gasteiger partial charge on any atom is -0.494 e. The molecule has 1 atom stereocenters. The van der Waals surface area contributed by atoms with E-state index in [1.807, 2.05) is 19.1 Å². The fourth-order valence-corrected chi connectivity index (χ4v) is 5.58. The van der Waals surface area contributed by atoms with Crippen LogP contribution in [-0.4, -0.2) is 39.8 Å². The van der Waals surface area contributed by atoms with E-state index < -0.39 is 0 Å². The van der Waals surface area contributed by atoms with Crippen LogP contribution < -0.4 is 4.74 Å². The standard InChI is InChI=1S/C25H27N3O2S/c1-2-30-20-8-11-22-23(15-26)25(28(24(22)14-20)18-4-3-5-18)17-6-9-21(10-7-17)31-27-13-12-19(29)16-27/h6-11,14,18-19,29H,2-5,12-13,16H2,1H3. The molecule has 0 bridgehead atoms. The van der Waals surface area contributed by atoms with Gasteiger partial charge in [0.15, 0.2) is 0 Å². The summed E-state index contributed by atoms with van der Waals surface area (Å²) in [5, 5.41) is 20.8. The van der Waals surface area contributed by atoms with Crippen LogP contribution in [0.5, 0.6) is 5.75 Å². The van der Waals surface area contributed by atoms with Crippen LogP contribution >= 0.6 is 11.9 Å². The molecule has 1 N–H and O–H groups in total. The summed E-state index contributed by atoms with van der Waals surface area (Å²) in [6.07, 6.45) is 4.14. The van der Waals surface area contributed by atoms with Gasteiger partial charge in [-0.3, -0.25) is 0 Å². The van der Waals surface area contributed by atoms with Crippen molar-refractivity contribution in [2.45, 2.75) is 49.6 Å². The molecule has 1 aliphatic heterocycles. The van der Waals surface area contributed by atoms with Crippen LogP contribution in [0.2, 0.25) is 0 Å². The molecule has 0 amide bonds. The molecule has 2 aromatic carbocycles. The van der Waals surface area contributed by atoms with Gasteiger partial charge in [-0.15, -0.1) is 0 Å². The Labute approximate surface area is 187 Å². The third-order valence-electron chi connectivity index (χ3n) is 6.33. The summed E-state index contributed by atoms with van der Waals surface area (Å²) in [6.45, 7) is 4.23. The summed E-state index contributed by atoms with van der Waals surface area (Å²) in [5.41, 5.74) is 3.92. The van der Waals surface area contributed by atoms with E-state index in [0.29, 0.717) is 19.2 Å². The van der Waals surface area contributed by atoms with Gasteiger partial charge < -0.3 is 14.4 Å². The second kappa shape index (κ2) is 8.58. The van der Waals surface area contributed by atoms with E-state index in [0.717, 1.165) is 64.2 Å². The number of nitriles is 1. The van der Waals surface area contributed by atoms with Gasteiger partial charge in [-0.1, -0.05) is 12.1 Å². The molecular weight excluding hydrogens is 406 g/mol. The van der Waals surface area contributed by atoms with Crippen LogP contribution in [0, 0.1) is 11.3 Å². The third kappa shape index (κ3) is 3.82. The second-order valence-corrected chi connectivity index (χ2v) is 9.52. The summed E-state index contributed by atoms with van der Waals surface area (Å²) < 4.78 is 10.3. The zero-order valence-corrected chi connectivity index (χ0v) is 18.6. The number of ether oxygens (including phenoxy) is 1. The molecule has 1 aliphatic carbocycles. The Balaban J connectivity index is 1.56. The molecule has 2 heterocycles. The molecule has 31 heavy (non-hydrogen) atoms. The van der Waals surface area contributed by atoms with Gasteiger partial charge in [0, 0.05) is 35.5 Å². The highest BCUT2D eigenvalue weighted by atomic mass is 32.2. The average molecular weight is 434 g/mol. The van der Waals surface area contributed by atoms with Gasteiger partial charge in [-0.05, 0) is 74.4 Å². The number of fused-ring (bicyclic) bond motifs is 1. The topological polar surface area (TPSA) is 61.4 Å². The van der Waals surface area contributed by atoms with Crippen LogP contribution in [0.3, 0.4) is 0 Å². The van der Waals surface area contributed by atoms with Gasteiger partial charge in [-0.25, -0.2) is 4.31 Å². The molecule has 0 spiro atoms. The van der Waals surface area contributed by atoms with E-state index >= 15 is 0 Å². The number of hydrogen-bond acceptors (Lipinski definition) is 5. The normalized spacial score (nSPS) is 19.5. The largest absolute Gasteiger partial charge is 0.494 e. The van der Waals surface area contributed by atoms with Crippen molar-refractivity contribution in [2.24, 2.45) is 0 Å². The zero-order valence-electron chi connectivity index (χ0n) is 17.8. The van der Waals surface area contributed by atoms with Gasteiger partial charge >= 0.3 is 0 Å². The van der Waals surface area contributed by atoms with Crippen molar-refractivity contribution in [2.75, 3.05) is 19.7 Å². The van der Waals surface area contributed by atoms with Crippen molar-refractivity contribution >= 4 is 22.9 Å². The summed E-state index contributed by atoms with van der Waals surface area (Å²) in [4.78, 5) is 1.15.